The van der Waals surface area contributed by atoms with E-state index in [1.54, 1.807) is 32.0 Å². The van der Waals surface area contributed by atoms with E-state index < -0.39 is 35.4 Å². The van der Waals surface area contributed by atoms with Crippen molar-refractivity contribution in [3.8, 4) is 11.3 Å². The number of para-hydroxylation sites is 1. The second-order valence-electron chi connectivity index (χ2n) is 8.56. The van der Waals surface area contributed by atoms with Gasteiger partial charge in [0.15, 0.2) is 11.0 Å². The lowest BCUT2D eigenvalue weighted by Crippen LogP contribution is -2.43. The highest BCUT2D eigenvalue weighted by Gasteiger charge is 2.34. The lowest BCUT2D eigenvalue weighted by molar-refractivity contribution is 0.100. The molecule has 4 rings (SSSR count). The van der Waals surface area contributed by atoms with Crippen LogP contribution in [0.4, 0.5) is 31.0 Å². The highest BCUT2D eigenvalue weighted by atomic mass is 32.2. The zero-order valence-electron chi connectivity index (χ0n) is 21.0. The predicted molar refractivity (Wildman–Crippen MR) is 147 cm³/mol. The molecule has 0 bridgehead atoms. The summed E-state index contributed by atoms with van der Waals surface area (Å²) in [4.78, 5) is 39.4. The van der Waals surface area contributed by atoms with Crippen molar-refractivity contribution in [3.05, 3.63) is 76.7 Å². The Kier molecular flexibility index (Phi) is 8.21. The van der Waals surface area contributed by atoms with Crippen molar-refractivity contribution in [2.75, 3.05) is 16.8 Å². The number of benzene rings is 2. The van der Waals surface area contributed by atoms with E-state index in [2.05, 4.69) is 32.2 Å². The molecule has 2 heterocycles. The van der Waals surface area contributed by atoms with Crippen LogP contribution in [0.3, 0.4) is 0 Å². The number of hydrogen-bond donors (Lipinski definition) is 4. The number of aliphatic hydroxyl groups is 1. The number of nitrogens with one attached hydrogen (secondary N) is 2. The van der Waals surface area contributed by atoms with Crippen LogP contribution in [0, 0.1) is 18.6 Å². The van der Waals surface area contributed by atoms with Gasteiger partial charge in [-0.15, -0.1) is 0 Å². The summed E-state index contributed by atoms with van der Waals surface area (Å²) in [6.45, 7) is 6.90. The highest BCUT2D eigenvalue weighted by Crippen LogP contribution is 2.39. The van der Waals surface area contributed by atoms with Gasteiger partial charge in [0, 0.05) is 23.2 Å². The number of aliphatic imine (C=N–C) groups is 1. The van der Waals surface area contributed by atoms with Crippen molar-refractivity contribution in [3.63, 3.8) is 0 Å². The number of nitrogens with zero attached hydrogens (tertiary/aromatic N) is 4. The van der Waals surface area contributed by atoms with E-state index in [1.165, 1.54) is 11.5 Å². The molecule has 1 unspecified atom stereocenters. The third kappa shape index (κ3) is 5.89. The van der Waals surface area contributed by atoms with E-state index in [0.29, 0.717) is 22.4 Å². The van der Waals surface area contributed by atoms with Gasteiger partial charge in [-0.1, -0.05) is 30.5 Å². The molecule has 5 N–H and O–H groups in total. The minimum atomic E-state index is -0.965. The number of hydrogen-bond acceptors (Lipinski definition) is 7. The summed E-state index contributed by atoms with van der Waals surface area (Å²) < 4.78 is 29.6. The van der Waals surface area contributed by atoms with Crippen LogP contribution in [-0.4, -0.2) is 44.8 Å². The third-order valence-electron chi connectivity index (χ3n) is 5.69. The van der Waals surface area contributed by atoms with Gasteiger partial charge < -0.3 is 21.5 Å². The number of aromatic nitrogens is 2. The largest absolute Gasteiger partial charge is 0.392 e. The molecule has 1 aromatic heterocycles. The molecule has 2 aromatic carbocycles. The second-order valence-corrected chi connectivity index (χ2v) is 9.55. The summed E-state index contributed by atoms with van der Waals surface area (Å²) in [6, 6.07) is 7.31. The number of nitrogens with two attached hydrogens (primary N) is 1. The van der Waals surface area contributed by atoms with Gasteiger partial charge in [0.05, 0.1) is 18.3 Å². The number of anilines is 3. The predicted octanol–water partition coefficient (Wildman–Crippen LogP) is 4.22. The Labute approximate surface area is 227 Å². The van der Waals surface area contributed by atoms with E-state index >= 15 is 0 Å². The molecular formula is C26H25F2N7O3S. The summed E-state index contributed by atoms with van der Waals surface area (Å²) >= 11 is 1.00. The van der Waals surface area contributed by atoms with Gasteiger partial charge in [-0.05, 0) is 49.1 Å². The normalized spacial score (nSPS) is 13.9. The molecule has 3 aromatic rings. The first-order valence-corrected chi connectivity index (χ1v) is 12.6. The first-order valence-electron chi connectivity index (χ1n) is 11.7. The quantitative estimate of drug-likeness (QED) is 0.251. The number of aryl methyl sites for hydroxylation is 1. The maximum atomic E-state index is 14.8. The number of thioether (sulfide) groups is 1. The Morgan fingerprint density at radius 1 is 1.33 bits per heavy atom. The molecule has 39 heavy (non-hydrogen) atoms. The summed E-state index contributed by atoms with van der Waals surface area (Å²) in [5.74, 6) is -2.58. The topological polar surface area (TPSA) is 146 Å². The number of fused-ring (bicyclic) bond motifs is 1. The molecule has 0 aliphatic carbocycles. The highest BCUT2D eigenvalue weighted by molar-refractivity contribution is 8.16. The Bertz CT molecular complexity index is 1480. The summed E-state index contributed by atoms with van der Waals surface area (Å²) in [7, 11) is 0. The molecule has 1 atom stereocenters. The fourth-order valence-electron chi connectivity index (χ4n) is 3.90. The van der Waals surface area contributed by atoms with Gasteiger partial charge in [-0.2, -0.15) is 9.98 Å². The zero-order chi connectivity index (χ0) is 28.3. The van der Waals surface area contributed by atoms with Crippen LogP contribution < -0.4 is 21.3 Å². The second kappa shape index (κ2) is 11.6. The number of carbonyl (C=O) groups excluding carboxylic acids is 2. The molecule has 1 aliphatic heterocycles. The summed E-state index contributed by atoms with van der Waals surface area (Å²) in [5.41, 5.74) is 7.23. The van der Waals surface area contributed by atoms with Crippen LogP contribution in [0.1, 0.15) is 28.4 Å². The van der Waals surface area contributed by atoms with E-state index in [-0.39, 0.29) is 35.6 Å². The SMILES string of the molecule is C=CSC(N)=NC(=O)c1ccc(C)c(-c2nc(NCC(C)O)nc3c2CNC(=O)N3c2c(F)cccc2F)c1. The van der Waals surface area contributed by atoms with Gasteiger partial charge in [0.2, 0.25) is 5.95 Å². The molecule has 0 saturated carbocycles. The van der Waals surface area contributed by atoms with Gasteiger partial charge in [-0.3, -0.25) is 4.79 Å². The number of aliphatic hydroxyl groups excluding tert-OH is 1. The Morgan fingerprint density at radius 2 is 2.05 bits per heavy atom. The molecule has 202 valence electrons. The van der Waals surface area contributed by atoms with E-state index in [0.717, 1.165) is 28.8 Å². The van der Waals surface area contributed by atoms with E-state index in [4.69, 9.17) is 5.73 Å². The summed E-state index contributed by atoms with van der Waals surface area (Å²) in [5, 5.41) is 16.7. The van der Waals surface area contributed by atoms with Crippen LogP contribution in [0.25, 0.3) is 11.3 Å². The van der Waals surface area contributed by atoms with Gasteiger partial charge in [0.1, 0.15) is 17.3 Å². The summed E-state index contributed by atoms with van der Waals surface area (Å²) in [6.07, 6.45) is -0.768. The number of amides is 3. The molecule has 3 amide bonds. The maximum Gasteiger partial charge on any atom is 0.328 e. The van der Waals surface area contributed by atoms with Crippen LogP contribution in [0.15, 0.2) is 53.4 Å². The molecular weight excluding hydrogens is 528 g/mol. The van der Waals surface area contributed by atoms with Crippen molar-refractivity contribution in [1.82, 2.24) is 15.3 Å². The standard InChI is InChI=1S/C26H25F2N7O3S/c1-4-39-24(29)34-23(37)15-9-8-13(2)16(10-15)20-17-12-31-26(38)35(21-18(27)6-5-7-19(21)28)22(17)33-25(32-20)30-11-14(3)36/h4-10,14,36H,1,11-12H2,2-3H3,(H,31,38)(H2,29,34,37)(H,30,32,33). The Balaban J connectivity index is 1.93. The fourth-order valence-corrected chi connectivity index (χ4v) is 4.20. The average molecular weight is 554 g/mol. The number of amidine groups is 1. The van der Waals surface area contributed by atoms with Crippen LogP contribution >= 0.6 is 11.8 Å². The molecule has 13 heteroatoms. The van der Waals surface area contributed by atoms with E-state index in [9.17, 15) is 23.5 Å². The smallest absolute Gasteiger partial charge is 0.328 e. The first-order chi connectivity index (χ1) is 18.6. The number of halogens is 2. The van der Waals surface area contributed by atoms with Crippen molar-refractivity contribution < 1.29 is 23.5 Å². The Hall–Kier alpha value is -4.36. The molecule has 0 fully saturated rings. The molecule has 1 aliphatic rings. The van der Waals surface area contributed by atoms with Gasteiger partial charge in [0.25, 0.3) is 5.91 Å². The lowest BCUT2D eigenvalue weighted by atomic mass is 9.97. The minimum absolute atomic E-state index is 0.00174. The maximum absolute atomic E-state index is 14.8. The van der Waals surface area contributed by atoms with Gasteiger partial charge >= 0.3 is 6.03 Å². The number of urea groups is 1. The van der Waals surface area contributed by atoms with Crippen molar-refractivity contribution in [1.29, 1.82) is 0 Å². The van der Waals surface area contributed by atoms with Crippen molar-refractivity contribution in [2.24, 2.45) is 10.7 Å². The third-order valence-corrected chi connectivity index (χ3v) is 6.19. The monoisotopic (exact) mass is 553 g/mol. The van der Waals surface area contributed by atoms with Crippen LogP contribution in [0.5, 0.6) is 0 Å². The molecule has 0 saturated heterocycles. The fraction of sp³-hybridized carbons (Fsp3) is 0.192. The van der Waals surface area contributed by atoms with E-state index in [1.807, 2.05) is 0 Å². The number of rotatable bonds is 7. The Morgan fingerprint density at radius 3 is 2.72 bits per heavy atom. The van der Waals surface area contributed by atoms with Crippen LogP contribution in [0.2, 0.25) is 0 Å². The molecule has 10 nitrogen and oxygen atoms in total. The van der Waals surface area contributed by atoms with Crippen molar-refractivity contribution in [2.45, 2.75) is 26.5 Å². The molecule has 0 radical (unpaired) electrons. The number of carbonyl (C=O) groups is 2. The average Bonchev–Trinajstić information content (AvgIpc) is 2.88. The van der Waals surface area contributed by atoms with Crippen molar-refractivity contribution >= 4 is 46.3 Å². The molecule has 0 spiro atoms. The van der Waals surface area contributed by atoms with Crippen LogP contribution in [-0.2, 0) is 6.54 Å². The first kappa shape index (κ1) is 27.7. The van der Waals surface area contributed by atoms with Gasteiger partial charge in [-0.25, -0.2) is 23.5 Å². The lowest BCUT2D eigenvalue weighted by Gasteiger charge is -2.31. The minimum Gasteiger partial charge on any atom is -0.392 e. The zero-order valence-corrected chi connectivity index (χ0v) is 21.9.